The molecule has 8 rings (SSSR count). The number of carbonyl (C=O) groups is 4. The van der Waals surface area contributed by atoms with Gasteiger partial charge in [0.15, 0.2) is 11.6 Å². The van der Waals surface area contributed by atoms with E-state index >= 15 is 0 Å². The maximum Gasteiger partial charge on any atom is 0.295 e. The molecule has 2 fully saturated rings. The minimum absolute atomic E-state index is 0.0316. The van der Waals surface area contributed by atoms with E-state index < -0.39 is 29.7 Å². The summed E-state index contributed by atoms with van der Waals surface area (Å²) < 4.78 is 17.3. The van der Waals surface area contributed by atoms with Gasteiger partial charge in [0.2, 0.25) is 17.6 Å². The predicted octanol–water partition coefficient (Wildman–Crippen LogP) is 5.38. The molecule has 1 aliphatic carbocycles. The fourth-order valence-corrected chi connectivity index (χ4v) is 6.83. The minimum Gasteiger partial charge on any atom is -0.490 e. The second kappa shape index (κ2) is 13.3. The smallest absolute Gasteiger partial charge is 0.295 e. The largest absolute Gasteiger partial charge is 0.490 e. The Morgan fingerprint density at radius 2 is 1.51 bits per heavy atom. The molecule has 1 unspecified atom stereocenters. The molecule has 4 heterocycles. The number of nitrogens with one attached hydrogen (secondary N) is 2. The van der Waals surface area contributed by atoms with Crippen LogP contribution in [0.5, 0.6) is 17.2 Å². The lowest BCUT2D eigenvalue weighted by Gasteiger charge is -2.36. The molecule has 3 aliphatic rings. The molecule has 2 N–H and O–H groups in total. The molecule has 1 saturated heterocycles. The van der Waals surface area contributed by atoms with Crippen LogP contribution in [0.15, 0.2) is 83.6 Å². The first-order chi connectivity index (χ1) is 25.5. The summed E-state index contributed by atoms with van der Waals surface area (Å²) in [5, 5.41) is 9.41. The average Bonchev–Trinajstić information content (AvgIpc) is 3.68. The van der Waals surface area contributed by atoms with Gasteiger partial charge in [-0.05, 0) is 66.9 Å². The molecule has 3 aromatic carbocycles. The Kier molecular flexibility index (Phi) is 8.44. The molecule has 53 heavy (non-hydrogen) atoms. The molecule has 1 saturated carbocycles. The summed E-state index contributed by atoms with van der Waals surface area (Å²) in [4.78, 5) is 63.7. The number of aromatic nitrogens is 4. The van der Waals surface area contributed by atoms with Crippen molar-refractivity contribution in [1.82, 2.24) is 30.3 Å². The molecule has 2 aliphatic heterocycles. The molecule has 0 bridgehead atoms. The summed E-state index contributed by atoms with van der Waals surface area (Å²) in [6, 6.07) is 20.2. The lowest BCUT2D eigenvalue weighted by atomic mass is 9.78. The van der Waals surface area contributed by atoms with Crippen molar-refractivity contribution in [2.45, 2.75) is 70.1 Å². The molecule has 268 valence electrons. The summed E-state index contributed by atoms with van der Waals surface area (Å²) in [6.07, 6.45) is 4.89. The Labute approximate surface area is 303 Å². The van der Waals surface area contributed by atoms with Crippen LogP contribution in [0.3, 0.4) is 0 Å². The van der Waals surface area contributed by atoms with Crippen LogP contribution < -0.4 is 20.1 Å². The topological polar surface area (TPSA) is 179 Å². The number of amides is 4. The molecule has 1 atom stereocenters. The SMILES string of the molecule is Cc1noc(-c2ncc(Oc3ccc(C(C)(C)c4ccc(O[C@H]5C[C@H](Nc6ccc7c(c6)C(=O)N(C6CCC(=O)NC6=O)C7=O)C5)cc4)cc3)cn2)n1. The lowest BCUT2D eigenvalue weighted by Crippen LogP contribution is -2.54. The zero-order valence-corrected chi connectivity index (χ0v) is 29.2. The Morgan fingerprint density at radius 3 is 2.15 bits per heavy atom. The van der Waals surface area contributed by atoms with E-state index in [4.69, 9.17) is 14.0 Å². The van der Waals surface area contributed by atoms with Gasteiger partial charge in [-0.1, -0.05) is 43.3 Å². The highest BCUT2D eigenvalue weighted by molar-refractivity contribution is 6.23. The number of ether oxygens (including phenoxy) is 2. The van der Waals surface area contributed by atoms with E-state index in [9.17, 15) is 19.2 Å². The first-order valence-electron chi connectivity index (χ1n) is 17.3. The van der Waals surface area contributed by atoms with Crippen molar-refractivity contribution in [2.24, 2.45) is 0 Å². The number of imide groups is 2. The van der Waals surface area contributed by atoms with Gasteiger partial charge in [0.1, 0.15) is 23.6 Å². The van der Waals surface area contributed by atoms with E-state index in [1.165, 1.54) is 0 Å². The number of nitrogens with zero attached hydrogens (tertiary/aromatic N) is 5. The summed E-state index contributed by atoms with van der Waals surface area (Å²) >= 11 is 0. The third-order valence-corrected chi connectivity index (χ3v) is 9.94. The van der Waals surface area contributed by atoms with Crippen LogP contribution in [0.1, 0.15) is 77.2 Å². The minimum atomic E-state index is -0.991. The van der Waals surface area contributed by atoms with Gasteiger partial charge in [-0.15, -0.1) is 0 Å². The molecular weight excluding hydrogens is 678 g/mol. The number of carbonyl (C=O) groups excluding carboxylic acids is 4. The third-order valence-electron chi connectivity index (χ3n) is 9.94. The van der Waals surface area contributed by atoms with Crippen LogP contribution in [0.4, 0.5) is 5.69 Å². The van der Waals surface area contributed by atoms with E-state index in [-0.39, 0.29) is 47.4 Å². The zero-order chi connectivity index (χ0) is 36.9. The first-order valence-corrected chi connectivity index (χ1v) is 17.3. The normalized spacial score (nSPS) is 19.8. The molecule has 4 amide bonds. The van der Waals surface area contributed by atoms with Crippen molar-refractivity contribution in [1.29, 1.82) is 0 Å². The van der Waals surface area contributed by atoms with Crippen molar-refractivity contribution < 1.29 is 33.2 Å². The van der Waals surface area contributed by atoms with Crippen LogP contribution in [-0.4, -0.2) is 66.8 Å². The van der Waals surface area contributed by atoms with Gasteiger partial charge in [-0.2, -0.15) is 4.98 Å². The Balaban J connectivity index is 0.829. The van der Waals surface area contributed by atoms with Crippen LogP contribution in [0.25, 0.3) is 11.7 Å². The monoisotopic (exact) mass is 713 g/mol. The van der Waals surface area contributed by atoms with E-state index in [0.29, 0.717) is 28.8 Å². The van der Waals surface area contributed by atoms with E-state index in [0.717, 1.165) is 34.6 Å². The number of piperidine rings is 1. The van der Waals surface area contributed by atoms with Gasteiger partial charge in [0.05, 0.1) is 23.5 Å². The van der Waals surface area contributed by atoms with E-state index in [1.807, 2.05) is 36.4 Å². The maximum absolute atomic E-state index is 13.2. The zero-order valence-electron chi connectivity index (χ0n) is 29.2. The number of anilines is 1. The van der Waals surface area contributed by atoms with E-state index in [2.05, 4.69) is 56.7 Å². The van der Waals surface area contributed by atoms with Gasteiger partial charge in [-0.25, -0.2) is 9.97 Å². The maximum atomic E-state index is 13.2. The van der Waals surface area contributed by atoms with Crippen molar-refractivity contribution in [2.75, 3.05) is 5.32 Å². The van der Waals surface area contributed by atoms with Gasteiger partial charge in [0.25, 0.3) is 17.7 Å². The Hall–Kier alpha value is -6.44. The molecule has 2 aromatic heterocycles. The number of hydrogen-bond acceptors (Lipinski definition) is 12. The van der Waals surface area contributed by atoms with Gasteiger partial charge < -0.3 is 19.3 Å². The molecule has 5 aromatic rings. The Morgan fingerprint density at radius 1 is 0.849 bits per heavy atom. The van der Waals surface area contributed by atoms with Crippen LogP contribution in [0, 0.1) is 6.92 Å². The number of aryl methyl sites for hydroxylation is 1. The summed E-state index contributed by atoms with van der Waals surface area (Å²) in [7, 11) is 0. The Bertz CT molecular complexity index is 2230. The van der Waals surface area contributed by atoms with Gasteiger partial charge >= 0.3 is 0 Å². The number of hydrogen-bond donors (Lipinski definition) is 2. The second-order valence-corrected chi connectivity index (χ2v) is 13.9. The third kappa shape index (κ3) is 6.59. The van der Waals surface area contributed by atoms with Crippen LogP contribution >= 0.6 is 0 Å². The fraction of sp³-hybridized carbons (Fsp3) is 0.282. The molecule has 14 heteroatoms. The number of rotatable bonds is 10. The van der Waals surface area contributed by atoms with Crippen LogP contribution in [0.2, 0.25) is 0 Å². The molecule has 0 spiro atoms. The van der Waals surface area contributed by atoms with Crippen molar-refractivity contribution in [3.63, 3.8) is 0 Å². The summed E-state index contributed by atoms with van der Waals surface area (Å²) in [6.45, 7) is 6.06. The molecule has 0 radical (unpaired) electrons. The fourth-order valence-electron chi connectivity index (χ4n) is 6.83. The predicted molar refractivity (Wildman–Crippen MR) is 189 cm³/mol. The van der Waals surface area contributed by atoms with Gasteiger partial charge in [0, 0.05) is 36.4 Å². The highest BCUT2D eigenvalue weighted by atomic mass is 16.5. The second-order valence-electron chi connectivity index (χ2n) is 13.9. The molecule has 14 nitrogen and oxygen atoms in total. The lowest BCUT2D eigenvalue weighted by molar-refractivity contribution is -0.136. The van der Waals surface area contributed by atoms with Crippen molar-refractivity contribution in [3.05, 3.63) is 107 Å². The van der Waals surface area contributed by atoms with E-state index in [1.54, 1.807) is 37.5 Å². The summed E-state index contributed by atoms with van der Waals surface area (Å²) in [5.74, 6) is 0.938. The number of benzene rings is 3. The van der Waals surface area contributed by atoms with Crippen LogP contribution in [-0.2, 0) is 15.0 Å². The highest BCUT2D eigenvalue weighted by Crippen LogP contribution is 2.36. The summed E-state index contributed by atoms with van der Waals surface area (Å²) in [5.41, 5.74) is 3.18. The van der Waals surface area contributed by atoms with Crippen molar-refractivity contribution >= 4 is 29.3 Å². The molecular formula is C39H35N7O7. The first kappa shape index (κ1) is 33.7. The quantitative estimate of drug-likeness (QED) is 0.177. The van der Waals surface area contributed by atoms with Gasteiger partial charge in [-0.3, -0.25) is 29.4 Å². The number of fused-ring (bicyclic) bond motifs is 1. The average molecular weight is 714 g/mol. The standard InChI is InChI=1S/C39H35N7O7/c1-21-42-36(53-45-21)34-40-19-29(20-41-34)52-27-11-6-23(7-12-27)39(2,3)22-4-9-26(10-5-22)51-28-16-25(17-28)43-24-8-13-30-31(18-24)38(50)46(37(30)49)32-14-15-33(47)44-35(32)48/h4-13,18-20,25,28,32,43H,14-17H2,1-3H3,(H,44,47,48)/t25-,28-,32?. The highest BCUT2D eigenvalue weighted by Gasteiger charge is 2.45. The van der Waals surface area contributed by atoms with Crippen molar-refractivity contribution in [3.8, 4) is 29.0 Å².